The number of fused-ring (bicyclic) bond motifs is 1. The van der Waals surface area contributed by atoms with Gasteiger partial charge in [-0.2, -0.15) is 5.10 Å². The van der Waals surface area contributed by atoms with Gasteiger partial charge in [-0.05, 0) is 12.1 Å². The molecule has 1 fully saturated rings. The van der Waals surface area contributed by atoms with Gasteiger partial charge in [0.15, 0.2) is 11.6 Å². The number of rotatable bonds is 5. The van der Waals surface area contributed by atoms with Gasteiger partial charge >= 0.3 is 0 Å². The van der Waals surface area contributed by atoms with E-state index in [0.29, 0.717) is 18.7 Å². The predicted octanol–water partition coefficient (Wildman–Crippen LogP) is 1.52. The third-order valence-electron chi connectivity index (χ3n) is 5.31. The monoisotopic (exact) mass is 449 g/mol. The van der Waals surface area contributed by atoms with Crippen LogP contribution >= 0.6 is 0 Å². The van der Waals surface area contributed by atoms with E-state index in [1.807, 2.05) is 6.07 Å². The number of pyridine rings is 1. The van der Waals surface area contributed by atoms with Crippen molar-refractivity contribution in [3.63, 3.8) is 0 Å². The second-order valence-corrected chi connectivity index (χ2v) is 7.24. The number of nitrogens with one attached hydrogen (secondary N) is 1. The van der Waals surface area contributed by atoms with Crippen LogP contribution in [0.5, 0.6) is 0 Å². The number of Topliss-reactive ketones (excluding diaryl/α,β-unsaturated/α-hetero) is 1. The van der Waals surface area contributed by atoms with Crippen LogP contribution in [-0.2, 0) is 4.79 Å². The van der Waals surface area contributed by atoms with Gasteiger partial charge < -0.3 is 20.6 Å². The maximum atomic E-state index is 14.5. The highest BCUT2D eigenvalue weighted by Crippen LogP contribution is 2.28. The van der Waals surface area contributed by atoms with Gasteiger partial charge in [0, 0.05) is 44.2 Å². The molecule has 33 heavy (non-hydrogen) atoms. The summed E-state index contributed by atoms with van der Waals surface area (Å²) in [6, 6.07) is 8.84. The van der Waals surface area contributed by atoms with Crippen LogP contribution in [0, 0.1) is 5.82 Å². The van der Waals surface area contributed by atoms with Crippen molar-refractivity contribution in [2.45, 2.75) is 0 Å². The highest BCUT2D eigenvalue weighted by atomic mass is 19.1. The van der Waals surface area contributed by atoms with E-state index in [-0.39, 0.29) is 41.3 Å². The number of carbonyl (C=O) groups excluding carboxylic acids is 3. The molecule has 168 valence electrons. The molecule has 3 aromatic rings. The van der Waals surface area contributed by atoms with Crippen LogP contribution in [-0.4, -0.2) is 76.0 Å². The smallest absolute Gasteiger partial charge is 0.295 e. The SMILES string of the molecule is NN=CC=Nc1ncc(F)c2c(C(=O)C(=O)N3CCN(C(=O)c4ccccc4)CC3)c[nH]c12. The van der Waals surface area contributed by atoms with Gasteiger partial charge in [0.1, 0.15) is 0 Å². The number of amides is 2. The largest absolute Gasteiger partial charge is 0.357 e. The van der Waals surface area contributed by atoms with Gasteiger partial charge in [-0.3, -0.25) is 14.4 Å². The lowest BCUT2D eigenvalue weighted by atomic mass is 10.1. The topological polar surface area (TPSA) is 137 Å². The minimum Gasteiger partial charge on any atom is -0.357 e. The molecule has 0 aliphatic carbocycles. The summed E-state index contributed by atoms with van der Waals surface area (Å²) in [7, 11) is 0. The maximum Gasteiger partial charge on any atom is 0.295 e. The first-order chi connectivity index (χ1) is 16.0. The molecule has 0 bridgehead atoms. The molecule has 0 spiro atoms. The lowest BCUT2D eigenvalue weighted by Crippen LogP contribution is -2.52. The van der Waals surface area contributed by atoms with E-state index < -0.39 is 17.5 Å². The molecule has 10 nitrogen and oxygen atoms in total. The van der Waals surface area contributed by atoms with Crippen LogP contribution in [0.1, 0.15) is 20.7 Å². The van der Waals surface area contributed by atoms with Gasteiger partial charge in [0.2, 0.25) is 0 Å². The van der Waals surface area contributed by atoms with E-state index in [2.05, 4.69) is 20.1 Å². The first-order valence-corrected chi connectivity index (χ1v) is 10.1. The average Bonchev–Trinajstić information content (AvgIpc) is 3.31. The summed E-state index contributed by atoms with van der Waals surface area (Å²) >= 11 is 0. The lowest BCUT2D eigenvalue weighted by Gasteiger charge is -2.34. The zero-order valence-corrected chi connectivity index (χ0v) is 17.4. The van der Waals surface area contributed by atoms with E-state index >= 15 is 0 Å². The number of aromatic amines is 1. The number of aliphatic imine (C=N–C) groups is 1. The number of benzene rings is 1. The molecule has 11 heteroatoms. The molecular formula is C22H20FN7O3. The number of aromatic nitrogens is 2. The van der Waals surface area contributed by atoms with Gasteiger partial charge in [-0.15, -0.1) is 0 Å². The van der Waals surface area contributed by atoms with E-state index in [0.717, 1.165) is 6.20 Å². The van der Waals surface area contributed by atoms with Crippen LogP contribution in [0.4, 0.5) is 10.2 Å². The second-order valence-electron chi connectivity index (χ2n) is 7.24. The molecule has 3 N–H and O–H groups in total. The quantitative estimate of drug-likeness (QED) is 0.200. The fourth-order valence-electron chi connectivity index (χ4n) is 3.65. The Kier molecular flexibility index (Phi) is 6.20. The Bertz CT molecular complexity index is 1260. The first-order valence-electron chi connectivity index (χ1n) is 10.1. The number of hydrogen-bond acceptors (Lipinski definition) is 7. The van der Waals surface area contributed by atoms with Crippen LogP contribution in [0.3, 0.4) is 0 Å². The van der Waals surface area contributed by atoms with E-state index in [9.17, 15) is 18.8 Å². The molecule has 4 rings (SSSR count). The fraction of sp³-hybridized carbons (Fsp3) is 0.182. The maximum absolute atomic E-state index is 14.5. The van der Waals surface area contributed by atoms with Crippen molar-refractivity contribution in [1.82, 2.24) is 19.8 Å². The zero-order chi connectivity index (χ0) is 23.4. The Labute approximate surface area is 187 Å². The molecule has 0 radical (unpaired) electrons. The van der Waals surface area contributed by atoms with Crippen LogP contribution in [0.15, 0.2) is 52.8 Å². The number of nitrogens with two attached hydrogens (primary N) is 1. The average molecular weight is 449 g/mol. The van der Waals surface area contributed by atoms with Gasteiger partial charge in [0.05, 0.1) is 28.9 Å². The Balaban J connectivity index is 1.49. The van der Waals surface area contributed by atoms with E-state index in [4.69, 9.17) is 5.84 Å². The molecular weight excluding hydrogens is 429 g/mol. The minimum absolute atomic E-state index is 0.0712. The first kappa shape index (κ1) is 21.8. The molecule has 2 amide bonds. The molecule has 1 aromatic carbocycles. The molecule has 2 aromatic heterocycles. The van der Waals surface area contributed by atoms with Crippen molar-refractivity contribution in [2.24, 2.45) is 15.9 Å². The third-order valence-corrected chi connectivity index (χ3v) is 5.31. The number of carbonyl (C=O) groups is 3. The van der Waals surface area contributed by atoms with Crippen LogP contribution in [0.25, 0.3) is 10.9 Å². The Morgan fingerprint density at radius 1 is 1.06 bits per heavy atom. The summed E-state index contributed by atoms with van der Waals surface area (Å²) in [5, 5.41) is 3.20. The number of hydrogen-bond donors (Lipinski definition) is 2. The summed E-state index contributed by atoms with van der Waals surface area (Å²) in [4.78, 5) is 52.0. The van der Waals surface area contributed by atoms with Gasteiger partial charge in [-0.1, -0.05) is 18.2 Å². The Hall–Kier alpha value is -4.41. The van der Waals surface area contributed by atoms with Crippen molar-refractivity contribution in [3.05, 3.63) is 59.7 Å². The molecule has 1 aliphatic rings. The van der Waals surface area contributed by atoms with Crippen LogP contribution in [0.2, 0.25) is 0 Å². The van der Waals surface area contributed by atoms with E-state index in [1.165, 1.54) is 23.5 Å². The Morgan fingerprint density at radius 3 is 2.45 bits per heavy atom. The highest BCUT2D eigenvalue weighted by molar-refractivity contribution is 6.45. The van der Waals surface area contributed by atoms with Crippen LogP contribution < -0.4 is 5.84 Å². The number of H-pyrrole nitrogens is 1. The summed E-state index contributed by atoms with van der Waals surface area (Å²) < 4.78 is 14.5. The molecule has 3 heterocycles. The number of ketones is 1. The highest BCUT2D eigenvalue weighted by Gasteiger charge is 2.31. The fourth-order valence-corrected chi connectivity index (χ4v) is 3.65. The molecule has 1 aliphatic heterocycles. The summed E-state index contributed by atoms with van der Waals surface area (Å²) in [6.45, 7) is 0.980. The normalized spacial score (nSPS) is 14.5. The van der Waals surface area contributed by atoms with Gasteiger partial charge in [0.25, 0.3) is 17.6 Å². The van der Waals surface area contributed by atoms with Crippen molar-refractivity contribution in [1.29, 1.82) is 0 Å². The second kappa shape index (κ2) is 9.39. The minimum atomic E-state index is -0.854. The zero-order valence-electron chi connectivity index (χ0n) is 17.4. The Morgan fingerprint density at radius 2 is 1.76 bits per heavy atom. The third kappa shape index (κ3) is 4.33. The van der Waals surface area contributed by atoms with Crippen molar-refractivity contribution in [3.8, 4) is 0 Å². The molecule has 0 unspecified atom stereocenters. The standard InChI is InChI=1S/C22H20FN7O3/c23-16-13-27-20(25-6-7-28-24)18-17(16)15(12-26-18)19(31)22(33)30-10-8-29(9-11-30)21(32)14-4-2-1-3-5-14/h1-7,12-13,26H,8-11,24H2. The van der Waals surface area contributed by atoms with Gasteiger partial charge in [-0.25, -0.2) is 14.4 Å². The van der Waals surface area contributed by atoms with E-state index in [1.54, 1.807) is 29.2 Å². The number of nitrogens with zero attached hydrogens (tertiary/aromatic N) is 5. The summed E-state index contributed by atoms with van der Waals surface area (Å²) in [6.07, 6.45) is 4.68. The van der Waals surface area contributed by atoms with Crippen molar-refractivity contribution < 1.29 is 18.8 Å². The molecule has 0 atom stereocenters. The lowest BCUT2D eigenvalue weighted by molar-refractivity contribution is -0.127. The summed E-state index contributed by atoms with van der Waals surface area (Å²) in [5.41, 5.74) is 0.625. The number of halogens is 1. The predicted molar refractivity (Wildman–Crippen MR) is 120 cm³/mol. The number of piperazine rings is 1. The van der Waals surface area contributed by atoms with Crippen molar-refractivity contribution in [2.75, 3.05) is 26.2 Å². The molecule has 0 saturated carbocycles. The molecule has 1 saturated heterocycles. The summed E-state index contributed by atoms with van der Waals surface area (Å²) in [5.74, 6) is 2.62. The number of hydrazone groups is 1. The van der Waals surface area contributed by atoms with Crippen molar-refractivity contribution >= 4 is 46.7 Å².